The molecule has 1 aromatic heterocycles. The van der Waals surface area contributed by atoms with E-state index < -0.39 is 0 Å². The fraction of sp³-hybridized carbons (Fsp3) is 0.500. The number of carbonyl (C=O) groups is 1. The predicted molar refractivity (Wildman–Crippen MR) is 63.2 cm³/mol. The van der Waals surface area contributed by atoms with Crippen LogP contribution in [0.2, 0.25) is 0 Å². The summed E-state index contributed by atoms with van der Waals surface area (Å²) >= 11 is 0. The highest BCUT2D eigenvalue weighted by molar-refractivity contribution is 5.79. The van der Waals surface area contributed by atoms with Crippen molar-refractivity contribution in [1.82, 2.24) is 15.6 Å². The molecule has 0 radical (unpaired) electrons. The molecule has 2 unspecified atom stereocenters. The monoisotopic (exact) mass is 235 g/mol. The molecule has 0 bridgehead atoms. The first-order valence-corrected chi connectivity index (χ1v) is 5.73. The third kappa shape index (κ3) is 3.01. The van der Waals surface area contributed by atoms with Gasteiger partial charge >= 0.3 is 0 Å². The van der Waals surface area contributed by atoms with Crippen LogP contribution in [0.3, 0.4) is 0 Å². The summed E-state index contributed by atoms with van der Waals surface area (Å²) in [7, 11) is 1.85. The highest BCUT2D eigenvalue weighted by Crippen LogP contribution is 2.13. The minimum absolute atomic E-state index is 0.0331. The van der Waals surface area contributed by atoms with Gasteiger partial charge in [-0.15, -0.1) is 0 Å². The van der Waals surface area contributed by atoms with Crippen LogP contribution in [-0.2, 0) is 16.1 Å². The first-order chi connectivity index (χ1) is 8.31. The Bertz CT molecular complexity index is 369. The van der Waals surface area contributed by atoms with Gasteiger partial charge in [-0.3, -0.25) is 9.78 Å². The lowest BCUT2D eigenvalue weighted by Gasteiger charge is -2.16. The van der Waals surface area contributed by atoms with E-state index in [-0.39, 0.29) is 17.9 Å². The lowest BCUT2D eigenvalue weighted by atomic mass is 10.0. The van der Waals surface area contributed by atoms with Crippen LogP contribution >= 0.6 is 0 Å². The fourth-order valence-electron chi connectivity index (χ4n) is 1.92. The molecule has 5 nitrogen and oxygen atoms in total. The Kier molecular flexibility index (Phi) is 4.06. The van der Waals surface area contributed by atoms with Gasteiger partial charge in [-0.1, -0.05) is 6.07 Å². The summed E-state index contributed by atoms with van der Waals surface area (Å²) in [5.41, 5.74) is 1.00. The average molecular weight is 235 g/mol. The molecule has 5 heteroatoms. The number of ether oxygens (including phenoxy) is 1. The van der Waals surface area contributed by atoms with Gasteiger partial charge < -0.3 is 15.4 Å². The summed E-state index contributed by atoms with van der Waals surface area (Å²) in [4.78, 5) is 15.9. The second-order valence-electron chi connectivity index (χ2n) is 4.12. The zero-order valence-electron chi connectivity index (χ0n) is 9.85. The molecule has 1 amide bonds. The van der Waals surface area contributed by atoms with E-state index in [2.05, 4.69) is 15.6 Å². The summed E-state index contributed by atoms with van der Waals surface area (Å²) in [6.45, 7) is 1.60. The molecule has 2 N–H and O–H groups in total. The van der Waals surface area contributed by atoms with E-state index in [0.29, 0.717) is 19.8 Å². The van der Waals surface area contributed by atoms with Crippen LogP contribution in [0.15, 0.2) is 24.5 Å². The molecular weight excluding hydrogens is 218 g/mol. The van der Waals surface area contributed by atoms with Crippen LogP contribution in [0.5, 0.6) is 0 Å². The molecule has 2 rings (SSSR count). The highest BCUT2D eigenvalue weighted by atomic mass is 16.5. The number of nitrogens with one attached hydrogen (secondary N) is 2. The van der Waals surface area contributed by atoms with Crippen molar-refractivity contribution in [3.63, 3.8) is 0 Å². The van der Waals surface area contributed by atoms with Crippen molar-refractivity contribution in [3.8, 4) is 0 Å². The Labute approximate surface area is 101 Å². The molecule has 1 saturated heterocycles. The van der Waals surface area contributed by atoms with Crippen molar-refractivity contribution < 1.29 is 9.53 Å². The summed E-state index contributed by atoms with van der Waals surface area (Å²) in [5, 5.41) is 6.00. The van der Waals surface area contributed by atoms with Crippen LogP contribution in [-0.4, -0.2) is 37.2 Å². The lowest BCUT2D eigenvalue weighted by molar-refractivity contribution is -0.125. The number of rotatable bonds is 4. The van der Waals surface area contributed by atoms with Crippen molar-refractivity contribution >= 4 is 5.91 Å². The van der Waals surface area contributed by atoms with Gasteiger partial charge in [0, 0.05) is 25.0 Å². The first kappa shape index (κ1) is 12.0. The van der Waals surface area contributed by atoms with E-state index in [1.54, 1.807) is 12.4 Å². The summed E-state index contributed by atoms with van der Waals surface area (Å²) in [6.07, 6.45) is 3.47. The molecule has 0 saturated carbocycles. The highest BCUT2D eigenvalue weighted by Gasteiger charge is 2.32. The standard InChI is InChI=1S/C12H17N3O2/c1-13-11-8-17-7-10(11)12(16)15-6-9-3-2-4-14-5-9/h2-5,10-11,13H,6-8H2,1H3,(H,15,16). The van der Waals surface area contributed by atoms with E-state index in [4.69, 9.17) is 4.74 Å². The van der Waals surface area contributed by atoms with Gasteiger partial charge in [0.15, 0.2) is 0 Å². The third-order valence-corrected chi connectivity index (χ3v) is 2.98. The van der Waals surface area contributed by atoms with Gasteiger partial charge in [-0.2, -0.15) is 0 Å². The van der Waals surface area contributed by atoms with Crippen LogP contribution in [0.25, 0.3) is 0 Å². The molecule has 1 aliphatic heterocycles. The summed E-state index contributed by atoms with van der Waals surface area (Å²) < 4.78 is 5.30. The molecule has 0 aromatic carbocycles. The van der Waals surface area contributed by atoms with Crippen LogP contribution in [0.1, 0.15) is 5.56 Å². The quantitative estimate of drug-likeness (QED) is 0.767. The van der Waals surface area contributed by atoms with Crippen molar-refractivity contribution in [2.45, 2.75) is 12.6 Å². The topological polar surface area (TPSA) is 63.2 Å². The fourth-order valence-corrected chi connectivity index (χ4v) is 1.92. The van der Waals surface area contributed by atoms with Crippen molar-refractivity contribution in [3.05, 3.63) is 30.1 Å². The Morgan fingerprint density at radius 1 is 1.59 bits per heavy atom. The zero-order chi connectivity index (χ0) is 12.1. The molecule has 0 spiro atoms. The molecule has 92 valence electrons. The Morgan fingerprint density at radius 3 is 3.18 bits per heavy atom. The Balaban J connectivity index is 1.85. The van der Waals surface area contributed by atoms with Gasteiger partial charge in [0.2, 0.25) is 5.91 Å². The van der Waals surface area contributed by atoms with Crippen LogP contribution in [0.4, 0.5) is 0 Å². The van der Waals surface area contributed by atoms with Crippen LogP contribution < -0.4 is 10.6 Å². The number of likely N-dealkylation sites (N-methyl/N-ethyl adjacent to an activating group) is 1. The maximum Gasteiger partial charge on any atom is 0.227 e. The van der Waals surface area contributed by atoms with E-state index >= 15 is 0 Å². The molecule has 1 aromatic rings. The lowest BCUT2D eigenvalue weighted by Crippen LogP contribution is -2.42. The number of nitrogens with zero attached hydrogens (tertiary/aromatic N) is 1. The molecule has 1 aliphatic rings. The van der Waals surface area contributed by atoms with E-state index in [1.165, 1.54) is 0 Å². The third-order valence-electron chi connectivity index (χ3n) is 2.98. The molecule has 2 atom stereocenters. The zero-order valence-corrected chi connectivity index (χ0v) is 9.85. The largest absolute Gasteiger partial charge is 0.379 e. The molecule has 2 heterocycles. The van der Waals surface area contributed by atoms with Crippen molar-refractivity contribution in [2.75, 3.05) is 20.3 Å². The number of hydrogen-bond donors (Lipinski definition) is 2. The van der Waals surface area contributed by atoms with Gasteiger partial charge in [0.05, 0.1) is 19.1 Å². The Morgan fingerprint density at radius 2 is 2.47 bits per heavy atom. The Hall–Kier alpha value is -1.46. The van der Waals surface area contributed by atoms with E-state index in [1.807, 2.05) is 19.2 Å². The van der Waals surface area contributed by atoms with Gasteiger partial charge in [0.25, 0.3) is 0 Å². The van der Waals surface area contributed by atoms with Crippen molar-refractivity contribution in [2.24, 2.45) is 5.92 Å². The van der Waals surface area contributed by atoms with Crippen molar-refractivity contribution in [1.29, 1.82) is 0 Å². The maximum absolute atomic E-state index is 11.9. The van der Waals surface area contributed by atoms with Crippen LogP contribution in [0, 0.1) is 5.92 Å². The van der Waals surface area contributed by atoms with E-state index in [0.717, 1.165) is 5.56 Å². The number of carbonyl (C=O) groups excluding carboxylic acids is 1. The summed E-state index contributed by atoms with van der Waals surface area (Å²) in [5.74, 6) is -0.0672. The number of aromatic nitrogens is 1. The molecule has 17 heavy (non-hydrogen) atoms. The predicted octanol–water partition coefficient (Wildman–Crippen LogP) is -0.0678. The van der Waals surface area contributed by atoms with Gasteiger partial charge in [-0.25, -0.2) is 0 Å². The van der Waals surface area contributed by atoms with Gasteiger partial charge in [0.1, 0.15) is 0 Å². The number of pyridine rings is 1. The minimum Gasteiger partial charge on any atom is -0.379 e. The second-order valence-corrected chi connectivity index (χ2v) is 4.12. The average Bonchev–Trinajstić information content (AvgIpc) is 2.85. The number of hydrogen-bond acceptors (Lipinski definition) is 4. The molecular formula is C12H17N3O2. The molecule has 0 aliphatic carbocycles. The second kappa shape index (κ2) is 5.75. The summed E-state index contributed by atoms with van der Waals surface area (Å²) in [6, 6.07) is 3.91. The minimum atomic E-state index is -0.100. The van der Waals surface area contributed by atoms with E-state index in [9.17, 15) is 4.79 Å². The SMILES string of the molecule is CNC1COCC1C(=O)NCc1cccnc1. The normalized spacial score (nSPS) is 23.6. The van der Waals surface area contributed by atoms with Gasteiger partial charge in [-0.05, 0) is 18.7 Å². The number of amides is 1. The maximum atomic E-state index is 11.9. The first-order valence-electron chi connectivity index (χ1n) is 5.73. The smallest absolute Gasteiger partial charge is 0.227 e. The molecule has 1 fully saturated rings.